The van der Waals surface area contributed by atoms with Gasteiger partial charge in [-0.1, -0.05) is 42.5 Å². The number of nitriles is 1. The second-order valence-corrected chi connectivity index (χ2v) is 5.25. The molecule has 2 aromatic carbocycles. The number of anilines is 1. The molecule has 0 unspecified atom stereocenters. The third kappa shape index (κ3) is 1.71. The lowest BCUT2D eigenvalue weighted by atomic mass is 9.91. The van der Waals surface area contributed by atoms with E-state index in [2.05, 4.69) is 16.4 Å². The number of aromatic nitrogens is 2. The Bertz CT molecular complexity index is 907. The van der Waals surface area contributed by atoms with Gasteiger partial charge in [-0.3, -0.25) is 10.1 Å². The van der Waals surface area contributed by atoms with Crippen LogP contribution in [-0.2, 0) is 4.79 Å². The lowest BCUT2D eigenvalue weighted by molar-refractivity contribution is -0.119. The third-order valence-electron chi connectivity index (χ3n) is 3.99. The van der Waals surface area contributed by atoms with Crippen LogP contribution in [0.1, 0.15) is 11.6 Å². The van der Waals surface area contributed by atoms with Crippen LogP contribution >= 0.6 is 0 Å². The summed E-state index contributed by atoms with van der Waals surface area (Å²) in [6.45, 7) is 0. The van der Waals surface area contributed by atoms with Crippen LogP contribution in [0.25, 0.3) is 11.0 Å². The van der Waals surface area contributed by atoms with E-state index < -0.39 is 5.92 Å². The van der Waals surface area contributed by atoms with Crippen molar-refractivity contribution in [3.05, 3.63) is 60.2 Å². The number of hydrogen-bond donors (Lipinski definition) is 1. The molecule has 3 aromatic rings. The Kier molecular flexibility index (Phi) is 2.70. The Morgan fingerprint density at radius 2 is 1.82 bits per heavy atom. The van der Waals surface area contributed by atoms with Gasteiger partial charge in [0.1, 0.15) is 0 Å². The molecule has 2 atom stereocenters. The fraction of sp³-hybridized carbons (Fsp3) is 0.118. The average Bonchev–Trinajstić information content (AvgIpc) is 2.92. The Hall–Kier alpha value is -3.13. The summed E-state index contributed by atoms with van der Waals surface area (Å²) < 4.78 is 1.94. The maximum Gasteiger partial charge on any atom is 0.246 e. The lowest BCUT2D eigenvalue weighted by Gasteiger charge is -2.29. The molecule has 1 aliphatic rings. The van der Waals surface area contributed by atoms with Crippen molar-refractivity contribution in [2.24, 2.45) is 5.92 Å². The van der Waals surface area contributed by atoms with Gasteiger partial charge in [0, 0.05) is 0 Å². The van der Waals surface area contributed by atoms with E-state index >= 15 is 0 Å². The zero-order valence-electron chi connectivity index (χ0n) is 11.6. The molecular formula is C17H12N4O. The zero-order chi connectivity index (χ0) is 15.1. The fourth-order valence-electron chi connectivity index (χ4n) is 3.02. The van der Waals surface area contributed by atoms with Gasteiger partial charge in [-0.15, -0.1) is 0 Å². The van der Waals surface area contributed by atoms with Gasteiger partial charge in [0.05, 0.1) is 23.1 Å². The van der Waals surface area contributed by atoms with Crippen LogP contribution in [0.3, 0.4) is 0 Å². The smallest absolute Gasteiger partial charge is 0.246 e. The van der Waals surface area contributed by atoms with Crippen molar-refractivity contribution in [3.63, 3.8) is 0 Å². The van der Waals surface area contributed by atoms with Crippen molar-refractivity contribution in [3.8, 4) is 6.07 Å². The molecule has 1 amide bonds. The van der Waals surface area contributed by atoms with E-state index in [-0.39, 0.29) is 11.9 Å². The van der Waals surface area contributed by atoms with Crippen LogP contribution in [0.2, 0.25) is 0 Å². The Morgan fingerprint density at radius 1 is 1.09 bits per heavy atom. The Labute approximate surface area is 126 Å². The first-order valence-electron chi connectivity index (χ1n) is 7.02. The van der Waals surface area contributed by atoms with Gasteiger partial charge >= 0.3 is 0 Å². The molecule has 5 heteroatoms. The van der Waals surface area contributed by atoms with E-state index in [1.54, 1.807) is 0 Å². The second kappa shape index (κ2) is 4.71. The summed E-state index contributed by atoms with van der Waals surface area (Å²) in [6.07, 6.45) is 0. The van der Waals surface area contributed by atoms with Crippen molar-refractivity contribution in [1.82, 2.24) is 9.55 Å². The van der Waals surface area contributed by atoms with E-state index in [1.807, 2.05) is 59.2 Å². The second-order valence-electron chi connectivity index (χ2n) is 5.25. The number of amides is 1. The van der Waals surface area contributed by atoms with Crippen molar-refractivity contribution >= 4 is 22.9 Å². The van der Waals surface area contributed by atoms with Gasteiger partial charge in [0.25, 0.3) is 0 Å². The number of para-hydroxylation sites is 2. The highest BCUT2D eigenvalue weighted by atomic mass is 16.2. The molecule has 1 aromatic heterocycles. The molecule has 22 heavy (non-hydrogen) atoms. The summed E-state index contributed by atoms with van der Waals surface area (Å²) >= 11 is 0. The van der Waals surface area contributed by atoms with Gasteiger partial charge in [0.2, 0.25) is 11.9 Å². The van der Waals surface area contributed by atoms with E-state index in [4.69, 9.17) is 0 Å². The zero-order valence-corrected chi connectivity index (χ0v) is 11.6. The highest BCUT2D eigenvalue weighted by Crippen LogP contribution is 2.37. The van der Waals surface area contributed by atoms with Gasteiger partial charge in [0.15, 0.2) is 5.92 Å². The SMILES string of the molecule is N#C[C@H]1C(=O)Nc2nc3ccccc3n2[C@H]1c1ccccc1. The molecule has 4 rings (SSSR count). The molecule has 0 saturated heterocycles. The summed E-state index contributed by atoms with van der Waals surface area (Å²) in [7, 11) is 0. The van der Waals surface area contributed by atoms with Crippen LogP contribution in [0, 0.1) is 17.2 Å². The first kappa shape index (κ1) is 12.6. The maximum absolute atomic E-state index is 12.3. The van der Waals surface area contributed by atoms with Crippen LogP contribution in [0.15, 0.2) is 54.6 Å². The predicted octanol–water partition coefficient (Wildman–Crippen LogP) is 2.72. The largest absolute Gasteiger partial charge is 0.300 e. The van der Waals surface area contributed by atoms with Crippen LogP contribution < -0.4 is 5.32 Å². The number of imidazole rings is 1. The number of carbonyl (C=O) groups excluding carboxylic acids is 1. The molecule has 2 heterocycles. The fourth-order valence-corrected chi connectivity index (χ4v) is 3.02. The van der Waals surface area contributed by atoms with Crippen molar-refractivity contribution in [1.29, 1.82) is 5.26 Å². The number of nitrogens with zero attached hydrogens (tertiary/aromatic N) is 3. The van der Waals surface area contributed by atoms with Crippen molar-refractivity contribution in [2.75, 3.05) is 5.32 Å². The summed E-state index contributed by atoms with van der Waals surface area (Å²) in [4.78, 5) is 16.7. The number of fused-ring (bicyclic) bond motifs is 3. The minimum atomic E-state index is -0.785. The minimum absolute atomic E-state index is 0.306. The monoisotopic (exact) mass is 288 g/mol. The van der Waals surface area contributed by atoms with Gasteiger partial charge < -0.3 is 4.57 Å². The molecule has 1 N–H and O–H groups in total. The van der Waals surface area contributed by atoms with Gasteiger partial charge in [-0.05, 0) is 17.7 Å². The number of nitrogens with one attached hydrogen (secondary N) is 1. The molecule has 5 nitrogen and oxygen atoms in total. The van der Waals surface area contributed by atoms with Crippen molar-refractivity contribution < 1.29 is 4.79 Å². The molecule has 0 spiro atoms. The average molecular weight is 288 g/mol. The van der Waals surface area contributed by atoms with Crippen LogP contribution in [-0.4, -0.2) is 15.5 Å². The van der Waals surface area contributed by atoms with Crippen molar-refractivity contribution in [2.45, 2.75) is 6.04 Å². The van der Waals surface area contributed by atoms with Gasteiger partial charge in [-0.2, -0.15) is 5.26 Å². The van der Waals surface area contributed by atoms with Crippen LogP contribution in [0.4, 0.5) is 5.95 Å². The highest BCUT2D eigenvalue weighted by Gasteiger charge is 2.38. The maximum atomic E-state index is 12.3. The molecule has 0 bridgehead atoms. The lowest BCUT2D eigenvalue weighted by Crippen LogP contribution is -2.37. The van der Waals surface area contributed by atoms with Crippen LogP contribution in [0.5, 0.6) is 0 Å². The number of carbonyl (C=O) groups is 1. The molecule has 1 aliphatic heterocycles. The number of hydrogen-bond acceptors (Lipinski definition) is 3. The summed E-state index contributed by atoms with van der Waals surface area (Å²) in [5.41, 5.74) is 2.64. The van der Waals surface area contributed by atoms with E-state index in [0.29, 0.717) is 5.95 Å². The molecule has 106 valence electrons. The third-order valence-corrected chi connectivity index (χ3v) is 3.99. The number of rotatable bonds is 1. The summed E-state index contributed by atoms with van der Waals surface area (Å²) in [6, 6.07) is 19.1. The molecule has 0 aliphatic carbocycles. The quantitative estimate of drug-likeness (QED) is 0.748. The first-order valence-corrected chi connectivity index (χ1v) is 7.02. The molecule has 0 fully saturated rings. The normalized spacial score (nSPS) is 20.2. The highest BCUT2D eigenvalue weighted by molar-refractivity contribution is 5.97. The van der Waals surface area contributed by atoms with Gasteiger partial charge in [-0.25, -0.2) is 4.98 Å². The van der Waals surface area contributed by atoms with E-state index in [1.165, 1.54) is 0 Å². The number of benzene rings is 2. The standard InChI is InChI=1S/C17H12N4O/c18-10-12-15(11-6-2-1-3-7-11)21-14-9-5-4-8-13(14)19-17(21)20-16(12)22/h1-9,12,15H,(H,19,20,22)/t12-,15+/m1/s1. The molecule has 0 saturated carbocycles. The summed E-state index contributed by atoms with van der Waals surface area (Å²) in [5, 5.41) is 12.2. The summed E-state index contributed by atoms with van der Waals surface area (Å²) in [5.74, 6) is -0.599. The Balaban J connectivity index is 2.03. The molecule has 0 radical (unpaired) electrons. The van der Waals surface area contributed by atoms with E-state index in [9.17, 15) is 10.1 Å². The Morgan fingerprint density at radius 3 is 2.59 bits per heavy atom. The van der Waals surface area contributed by atoms with E-state index in [0.717, 1.165) is 16.6 Å². The first-order chi connectivity index (χ1) is 10.8. The minimum Gasteiger partial charge on any atom is -0.300 e. The predicted molar refractivity (Wildman–Crippen MR) is 82.0 cm³/mol. The topological polar surface area (TPSA) is 70.7 Å². The molecular weight excluding hydrogens is 276 g/mol.